The Balaban J connectivity index is 1.70. The predicted molar refractivity (Wildman–Crippen MR) is 73.2 cm³/mol. The van der Waals surface area contributed by atoms with Crippen molar-refractivity contribution in [1.29, 1.82) is 0 Å². The van der Waals surface area contributed by atoms with Crippen molar-refractivity contribution in [1.82, 2.24) is 4.90 Å². The SMILES string of the molecule is OC1CC[C@@H]2CCCN(Cc3ccccc3)[C@H]2C1. The third-order valence-electron chi connectivity index (χ3n) is 4.65. The van der Waals surface area contributed by atoms with Crippen LogP contribution in [0.2, 0.25) is 0 Å². The highest BCUT2D eigenvalue weighted by atomic mass is 16.3. The van der Waals surface area contributed by atoms with Crippen LogP contribution in [-0.4, -0.2) is 28.7 Å². The number of piperidine rings is 1. The lowest BCUT2D eigenvalue weighted by molar-refractivity contribution is -0.00178. The highest BCUT2D eigenvalue weighted by Gasteiger charge is 2.35. The zero-order chi connectivity index (χ0) is 12.4. The zero-order valence-electron chi connectivity index (χ0n) is 11.0. The summed E-state index contributed by atoms with van der Waals surface area (Å²) in [6, 6.07) is 11.3. The lowest BCUT2D eigenvalue weighted by Gasteiger charge is -2.45. The van der Waals surface area contributed by atoms with E-state index < -0.39 is 0 Å². The van der Waals surface area contributed by atoms with Gasteiger partial charge in [0.2, 0.25) is 0 Å². The molecule has 18 heavy (non-hydrogen) atoms. The van der Waals surface area contributed by atoms with Crippen molar-refractivity contribution in [2.45, 2.75) is 50.8 Å². The van der Waals surface area contributed by atoms with Crippen molar-refractivity contribution < 1.29 is 5.11 Å². The van der Waals surface area contributed by atoms with E-state index in [2.05, 4.69) is 35.2 Å². The average molecular weight is 245 g/mol. The van der Waals surface area contributed by atoms with Crippen LogP contribution in [0.25, 0.3) is 0 Å². The number of benzene rings is 1. The van der Waals surface area contributed by atoms with Crippen molar-refractivity contribution >= 4 is 0 Å². The molecule has 0 spiro atoms. The summed E-state index contributed by atoms with van der Waals surface area (Å²) in [4.78, 5) is 2.60. The minimum atomic E-state index is -0.0670. The van der Waals surface area contributed by atoms with Crippen molar-refractivity contribution in [3.63, 3.8) is 0 Å². The van der Waals surface area contributed by atoms with Gasteiger partial charge in [-0.25, -0.2) is 0 Å². The van der Waals surface area contributed by atoms with E-state index in [9.17, 15) is 5.11 Å². The summed E-state index contributed by atoms with van der Waals surface area (Å²) in [7, 11) is 0. The summed E-state index contributed by atoms with van der Waals surface area (Å²) in [5.74, 6) is 0.825. The first-order valence-electron chi connectivity index (χ1n) is 7.29. The summed E-state index contributed by atoms with van der Waals surface area (Å²) >= 11 is 0. The van der Waals surface area contributed by atoms with Crippen LogP contribution in [0, 0.1) is 5.92 Å². The van der Waals surface area contributed by atoms with E-state index in [-0.39, 0.29) is 6.10 Å². The molecule has 0 aromatic heterocycles. The van der Waals surface area contributed by atoms with E-state index in [4.69, 9.17) is 0 Å². The molecule has 1 unspecified atom stereocenters. The fourth-order valence-corrected chi connectivity index (χ4v) is 3.71. The highest BCUT2D eigenvalue weighted by Crippen LogP contribution is 2.36. The first kappa shape index (κ1) is 12.2. The van der Waals surface area contributed by atoms with E-state index in [0.717, 1.165) is 25.3 Å². The molecule has 3 atom stereocenters. The van der Waals surface area contributed by atoms with Crippen LogP contribution in [0.5, 0.6) is 0 Å². The number of aliphatic hydroxyl groups excluding tert-OH is 1. The molecule has 3 rings (SSSR count). The van der Waals surface area contributed by atoms with Crippen LogP contribution >= 0.6 is 0 Å². The van der Waals surface area contributed by atoms with Crippen molar-refractivity contribution in [2.24, 2.45) is 5.92 Å². The molecule has 1 aliphatic heterocycles. The molecule has 1 aliphatic carbocycles. The second kappa shape index (κ2) is 5.41. The van der Waals surface area contributed by atoms with E-state index in [0.29, 0.717) is 6.04 Å². The monoisotopic (exact) mass is 245 g/mol. The molecule has 2 aliphatic rings. The molecule has 1 N–H and O–H groups in total. The first-order valence-corrected chi connectivity index (χ1v) is 7.29. The molecular weight excluding hydrogens is 222 g/mol. The number of rotatable bonds is 2. The van der Waals surface area contributed by atoms with Gasteiger partial charge in [-0.2, -0.15) is 0 Å². The van der Waals surface area contributed by atoms with Gasteiger partial charge in [0.1, 0.15) is 0 Å². The third kappa shape index (κ3) is 2.60. The van der Waals surface area contributed by atoms with Gasteiger partial charge in [0.05, 0.1) is 6.10 Å². The van der Waals surface area contributed by atoms with E-state index >= 15 is 0 Å². The Morgan fingerprint density at radius 1 is 1.11 bits per heavy atom. The Kier molecular flexibility index (Phi) is 3.67. The van der Waals surface area contributed by atoms with E-state index in [1.807, 2.05) is 0 Å². The lowest BCUT2D eigenvalue weighted by Crippen LogP contribution is -2.48. The van der Waals surface area contributed by atoms with Crippen LogP contribution in [0.1, 0.15) is 37.7 Å². The number of likely N-dealkylation sites (tertiary alicyclic amines) is 1. The molecule has 1 aromatic rings. The van der Waals surface area contributed by atoms with Gasteiger partial charge < -0.3 is 5.11 Å². The Hall–Kier alpha value is -0.860. The van der Waals surface area contributed by atoms with Crippen LogP contribution in [0.4, 0.5) is 0 Å². The second-order valence-electron chi connectivity index (χ2n) is 5.89. The zero-order valence-corrected chi connectivity index (χ0v) is 11.0. The molecular formula is C16H23NO. The Morgan fingerprint density at radius 3 is 2.78 bits per heavy atom. The fraction of sp³-hybridized carbons (Fsp3) is 0.625. The summed E-state index contributed by atoms with van der Waals surface area (Å²) in [5.41, 5.74) is 1.40. The largest absolute Gasteiger partial charge is 0.393 e. The van der Waals surface area contributed by atoms with Gasteiger partial charge in [-0.15, -0.1) is 0 Å². The molecule has 2 heteroatoms. The van der Waals surface area contributed by atoms with Gasteiger partial charge in [-0.1, -0.05) is 30.3 Å². The summed E-state index contributed by atoms with van der Waals surface area (Å²) < 4.78 is 0. The fourth-order valence-electron chi connectivity index (χ4n) is 3.71. The van der Waals surface area contributed by atoms with Gasteiger partial charge >= 0.3 is 0 Å². The quantitative estimate of drug-likeness (QED) is 0.866. The van der Waals surface area contributed by atoms with E-state index in [1.54, 1.807) is 0 Å². The first-order chi connectivity index (χ1) is 8.83. The normalized spacial score (nSPS) is 33.1. The van der Waals surface area contributed by atoms with Crippen LogP contribution in [0.3, 0.4) is 0 Å². The number of nitrogens with zero attached hydrogens (tertiary/aromatic N) is 1. The summed E-state index contributed by atoms with van der Waals surface area (Å²) in [5, 5.41) is 9.91. The lowest BCUT2D eigenvalue weighted by atomic mass is 9.77. The van der Waals surface area contributed by atoms with Gasteiger partial charge in [-0.3, -0.25) is 4.90 Å². The maximum atomic E-state index is 9.91. The smallest absolute Gasteiger partial charge is 0.0555 e. The highest BCUT2D eigenvalue weighted by molar-refractivity contribution is 5.15. The summed E-state index contributed by atoms with van der Waals surface area (Å²) in [6.45, 7) is 2.25. The van der Waals surface area contributed by atoms with Crippen molar-refractivity contribution in [3.05, 3.63) is 35.9 Å². The topological polar surface area (TPSA) is 23.5 Å². The van der Waals surface area contributed by atoms with Crippen LogP contribution < -0.4 is 0 Å². The average Bonchev–Trinajstić information content (AvgIpc) is 2.41. The number of hydrogen-bond acceptors (Lipinski definition) is 2. The maximum absolute atomic E-state index is 9.91. The molecule has 1 saturated heterocycles. The number of fused-ring (bicyclic) bond motifs is 1. The standard InChI is InChI=1S/C16H23NO/c18-15-9-8-14-7-4-10-17(16(14)11-15)12-13-5-2-1-3-6-13/h1-3,5-6,14-16,18H,4,7-12H2/t14-,15?,16-/m0/s1. The van der Waals surface area contributed by atoms with Gasteiger partial charge in [-0.05, 0) is 50.1 Å². The maximum Gasteiger partial charge on any atom is 0.0555 e. The van der Waals surface area contributed by atoms with E-state index in [1.165, 1.54) is 31.4 Å². The van der Waals surface area contributed by atoms with Gasteiger partial charge in [0.25, 0.3) is 0 Å². The Bertz CT molecular complexity index is 378. The minimum Gasteiger partial charge on any atom is -0.393 e. The molecule has 1 heterocycles. The summed E-state index contributed by atoms with van der Waals surface area (Å²) in [6.07, 6.45) is 5.84. The number of aliphatic hydroxyl groups is 1. The van der Waals surface area contributed by atoms with Crippen LogP contribution in [-0.2, 0) is 6.54 Å². The van der Waals surface area contributed by atoms with Crippen LogP contribution in [0.15, 0.2) is 30.3 Å². The van der Waals surface area contributed by atoms with Gasteiger partial charge in [0.15, 0.2) is 0 Å². The van der Waals surface area contributed by atoms with Gasteiger partial charge in [0, 0.05) is 12.6 Å². The van der Waals surface area contributed by atoms with Crippen molar-refractivity contribution in [2.75, 3.05) is 6.54 Å². The molecule has 0 radical (unpaired) electrons. The Morgan fingerprint density at radius 2 is 1.94 bits per heavy atom. The molecule has 1 saturated carbocycles. The Labute approximate surface area is 110 Å². The predicted octanol–water partition coefficient (Wildman–Crippen LogP) is 2.81. The third-order valence-corrected chi connectivity index (χ3v) is 4.65. The van der Waals surface area contributed by atoms with Crippen molar-refractivity contribution in [3.8, 4) is 0 Å². The second-order valence-corrected chi connectivity index (χ2v) is 5.89. The molecule has 98 valence electrons. The molecule has 1 aromatic carbocycles. The molecule has 2 fully saturated rings. The number of hydrogen-bond donors (Lipinski definition) is 1. The minimum absolute atomic E-state index is 0.0670. The molecule has 0 bridgehead atoms. The molecule has 2 nitrogen and oxygen atoms in total. The molecule has 0 amide bonds.